The Morgan fingerprint density at radius 1 is 0.833 bits per heavy atom. The molecule has 0 aromatic carbocycles. The quantitative estimate of drug-likeness (QED) is 0.569. The molecule has 0 fully saturated rings. The summed E-state index contributed by atoms with van der Waals surface area (Å²) in [7, 11) is -3.15. The van der Waals surface area contributed by atoms with Gasteiger partial charge in [0.15, 0.2) is 0 Å². The summed E-state index contributed by atoms with van der Waals surface area (Å²) < 4.78 is 14.7. The Hall–Kier alpha value is 1.89. The molecule has 0 aliphatic rings. The maximum absolute atomic E-state index is 10.7. The van der Waals surface area contributed by atoms with E-state index in [1.165, 1.54) is 0 Å². The van der Waals surface area contributed by atoms with Crippen LogP contribution in [0.1, 0.15) is 0 Å². The Kier molecular flexibility index (Phi) is 5.91. The topological polar surface area (TPSA) is 35.5 Å². The molecule has 10 heteroatoms. The average molecular weight is 317 g/mol. The van der Waals surface area contributed by atoms with Crippen LogP contribution in [0.3, 0.4) is 0 Å². The molecule has 0 radical (unpaired) electrons. The van der Waals surface area contributed by atoms with E-state index in [0.29, 0.717) is 0 Å². The second-order valence-corrected chi connectivity index (χ2v) is 6.61. The summed E-state index contributed by atoms with van der Waals surface area (Å²) in [6.45, 7) is 0. The van der Waals surface area contributed by atoms with Crippen LogP contribution in [0.5, 0.6) is 0 Å². The van der Waals surface area contributed by atoms with Gasteiger partial charge >= 0.3 is 16.2 Å². The van der Waals surface area contributed by atoms with Gasteiger partial charge in [-0.25, -0.2) is 0 Å². The average Bonchev–Trinajstić information content (AvgIpc) is 1.49. The van der Waals surface area contributed by atoms with Gasteiger partial charge in [0.05, 0.1) is 0 Å². The third kappa shape index (κ3) is 9.97. The summed E-state index contributed by atoms with van der Waals surface area (Å²) in [5, 5.41) is 0. The van der Waals surface area contributed by atoms with Crippen molar-refractivity contribution < 1.29 is 13.6 Å². The van der Waals surface area contributed by atoms with Crippen LogP contribution in [0, 0.1) is 0 Å². The first-order valence-corrected chi connectivity index (χ1v) is 5.65. The number of hydrogen-bond acceptors (Lipinski definition) is 3. The largest absolute Gasteiger partial charge is 0.326 e. The molecule has 0 atom stereocenters. The molecular weight excluding hydrogens is 316 g/mol. The lowest BCUT2D eigenvalue weighted by Gasteiger charge is -2.14. The van der Waals surface area contributed by atoms with Gasteiger partial charge in [-0.15, -0.1) is 0 Å². The molecule has 0 saturated heterocycles. The zero-order valence-electron chi connectivity index (χ0n) is 4.99. The van der Waals surface area contributed by atoms with Gasteiger partial charge in [-0.2, -0.15) is 0 Å². The van der Waals surface area contributed by atoms with Crippen molar-refractivity contribution in [3.05, 3.63) is 0 Å². The molecule has 0 aliphatic heterocycles. The minimum atomic E-state index is -3.15. The van der Waals surface area contributed by atoms with Gasteiger partial charge in [0.25, 0.3) is 0 Å². The minimum absolute atomic E-state index is 2.16. The van der Waals surface area contributed by atoms with Gasteiger partial charge in [0.1, 0.15) is 0 Å². The summed E-state index contributed by atoms with van der Waals surface area (Å²) in [4.78, 5) is 0. The second-order valence-electron chi connectivity index (χ2n) is 1.35. The van der Waals surface area contributed by atoms with Crippen molar-refractivity contribution in [1.29, 1.82) is 0 Å². The molecule has 0 saturated carbocycles. The Balaban J connectivity index is 3.92. The van der Waals surface area contributed by atoms with E-state index < -0.39 is 16.2 Å². The molecule has 0 heterocycles. The highest BCUT2D eigenvalue weighted by atomic mass is 35.6. The van der Waals surface area contributed by atoms with Gasteiger partial charge in [-0.05, 0) is 0 Å². The Labute approximate surface area is 99.0 Å². The van der Waals surface area contributed by atoms with Crippen molar-refractivity contribution in [2.24, 2.45) is 0 Å². The number of alkyl halides is 6. The first kappa shape index (κ1) is 13.9. The molecular formula is C2HCl6O3P. The summed E-state index contributed by atoms with van der Waals surface area (Å²) >= 11 is 30.5. The number of hydrogen-bond donors (Lipinski definition) is 0. The van der Waals surface area contributed by atoms with Crippen molar-refractivity contribution in [1.82, 2.24) is 0 Å². The highest BCUT2D eigenvalue weighted by Crippen LogP contribution is 2.45. The molecule has 0 aromatic rings. The summed E-state index contributed by atoms with van der Waals surface area (Å²) in [5.41, 5.74) is 0. The monoisotopic (exact) mass is 314 g/mol. The predicted octanol–water partition coefficient (Wildman–Crippen LogP) is 4.06. The van der Waals surface area contributed by atoms with E-state index in [9.17, 15) is 4.57 Å². The maximum Gasteiger partial charge on any atom is 0.326 e. The molecule has 0 bridgehead atoms. The van der Waals surface area contributed by atoms with E-state index in [-0.39, 0.29) is 0 Å². The Morgan fingerprint density at radius 3 is 1.25 bits per heavy atom. The lowest BCUT2D eigenvalue weighted by molar-refractivity contribution is 0.224. The molecule has 0 aliphatic carbocycles. The van der Waals surface area contributed by atoms with Crippen LogP contribution in [0.25, 0.3) is 0 Å². The van der Waals surface area contributed by atoms with Crippen molar-refractivity contribution >= 4 is 77.9 Å². The van der Waals surface area contributed by atoms with Gasteiger partial charge in [-0.3, -0.25) is 13.6 Å². The lowest BCUT2D eigenvalue weighted by atomic mass is 11.6. The van der Waals surface area contributed by atoms with Crippen LogP contribution < -0.4 is 0 Å². The Bertz CT molecular complexity index is 153. The van der Waals surface area contributed by atoms with E-state index >= 15 is 0 Å². The SMILES string of the molecule is O=[PH](OC(Cl)(Cl)Cl)OC(Cl)(Cl)Cl. The van der Waals surface area contributed by atoms with E-state index in [4.69, 9.17) is 69.6 Å². The standard InChI is InChI=1S/C2HCl6O3P/c3-1(4,5)10-12(9)11-2(6,7)8/h12H. The van der Waals surface area contributed by atoms with Crippen molar-refractivity contribution in [2.45, 2.75) is 7.96 Å². The summed E-state index contributed by atoms with van der Waals surface area (Å²) in [6.07, 6.45) is 0. The molecule has 0 rings (SSSR count). The number of rotatable bonds is 2. The van der Waals surface area contributed by atoms with E-state index in [0.717, 1.165) is 0 Å². The fourth-order valence-electron chi connectivity index (χ4n) is 0.210. The van der Waals surface area contributed by atoms with E-state index in [1.807, 2.05) is 0 Å². The fourth-order valence-corrected chi connectivity index (χ4v) is 1.76. The summed E-state index contributed by atoms with van der Waals surface area (Å²) in [6, 6.07) is 0. The molecule has 12 heavy (non-hydrogen) atoms. The van der Waals surface area contributed by atoms with E-state index in [1.54, 1.807) is 0 Å². The first-order valence-electron chi connectivity index (χ1n) is 2.15. The van der Waals surface area contributed by atoms with E-state index in [2.05, 4.69) is 9.05 Å². The Morgan fingerprint density at radius 2 is 1.08 bits per heavy atom. The van der Waals surface area contributed by atoms with Gasteiger partial charge in [0, 0.05) is 0 Å². The fraction of sp³-hybridized carbons (Fsp3) is 1.00. The molecule has 74 valence electrons. The van der Waals surface area contributed by atoms with Crippen LogP contribution in [-0.4, -0.2) is 7.96 Å². The zero-order chi connectivity index (χ0) is 9.99. The molecule has 0 spiro atoms. The van der Waals surface area contributed by atoms with Crippen LogP contribution in [0.15, 0.2) is 0 Å². The molecule has 3 nitrogen and oxygen atoms in total. The van der Waals surface area contributed by atoms with Gasteiger partial charge < -0.3 is 0 Å². The minimum Gasteiger partial charge on any atom is -0.263 e. The normalized spacial score (nSPS) is 13.9. The van der Waals surface area contributed by atoms with Crippen LogP contribution in [-0.2, 0) is 13.6 Å². The predicted molar refractivity (Wildman–Crippen MR) is 51.8 cm³/mol. The molecule has 0 aromatic heterocycles. The van der Waals surface area contributed by atoms with Crippen molar-refractivity contribution in [2.75, 3.05) is 0 Å². The molecule has 0 unspecified atom stereocenters. The second kappa shape index (κ2) is 5.11. The van der Waals surface area contributed by atoms with Crippen LogP contribution in [0.4, 0.5) is 0 Å². The van der Waals surface area contributed by atoms with Crippen molar-refractivity contribution in [3.63, 3.8) is 0 Å². The highest BCUT2D eigenvalue weighted by Gasteiger charge is 2.30. The smallest absolute Gasteiger partial charge is 0.263 e. The highest BCUT2D eigenvalue weighted by molar-refractivity contribution is 7.34. The van der Waals surface area contributed by atoms with Gasteiger partial charge in [-0.1, -0.05) is 69.6 Å². The summed E-state index contributed by atoms with van der Waals surface area (Å²) in [5.74, 6) is 0. The third-order valence-electron chi connectivity index (χ3n) is 0.398. The maximum atomic E-state index is 10.7. The van der Waals surface area contributed by atoms with Crippen LogP contribution in [0.2, 0.25) is 0 Å². The molecule has 0 amide bonds. The van der Waals surface area contributed by atoms with Gasteiger partial charge in [0.2, 0.25) is 0 Å². The van der Waals surface area contributed by atoms with Crippen LogP contribution >= 0.6 is 77.9 Å². The third-order valence-corrected chi connectivity index (χ3v) is 2.58. The van der Waals surface area contributed by atoms with Crippen molar-refractivity contribution in [3.8, 4) is 0 Å². The lowest BCUT2D eigenvalue weighted by Crippen LogP contribution is -2.08. The first-order chi connectivity index (χ1) is 5.10. The molecule has 0 N–H and O–H groups in total. The zero-order valence-corrected chi connectivity index (χ0v) is 10.5. The number of halogens is 6.